The molecule has 0 unspecified atom stereocenters. The molecule has 0 spiro atoms. The van der Waals surface area contributed by atoms with Crippen molar-refractivity contribution in [3.05, 3.63) is 30.1 Å². The number of carbonyl (C=O) groups is 1. The molecular weight excluding hydrogens is 164 g/mol. The maximum atomic E-state index is 10.1. The molecule has 0 saturated heterocycles. The molecule has 3 nitrogen and oxygen atoms in total. The standard InChI is InChI=1S/C10H6N2O/c13-6-2-4-8-3-1-5-9-10(8)12-7-11-9/h1,3,5-7H,(H,11,12). The highest BCUT2D eigenvalue weighted by Crippen LogP contribution is 2.12. The summed E-state index contributed by atoms with van der Waals surface area (Å²) in [6.45, 7) is 0. The van der Waals surface area contributed by atoms with Gasteiger partial charge in [0.25, 0.3) is 0 Å². The fraction of sp³-hybridized carbons (Fsp3) is 0. The van der Waals surface area contributed by atoms with Gasteiger partial charge in [0.05, 0.1) is 17.4 Å². The van der Waals surface area contributed by atoms with Crippen LogP contribution in [0.1, 0.15) is 5.56 Å². The van der Waals surface area contributed by atoms with Crippen LogP contribution in [0.2, 0.25) is 0 Å². The Morgan fingerprint density at radius 2 is 2.38 bits per heavy atom. The highest BCUT2D eigenvalue weighted by molar-refractivity contribution is 5.83. The second-order valence-electron chi connectivity index (χ2n) is 2.49. The highest BCUT2D eigenvalue weighted by Gasteiger charge is 1.98. The van der Waals surface area contributed by atoms with Gasteiger partial charge in [0.15, 0.2) is 6.29 Å². The van der Waals surface area contributed by atoms with Crippen LogP contribution in [0.25, 0.3) is 11.0 Å². The van der Waals surface area contributed by atoms with E-state index in [2.05, 4.69) is 21.8 Å². The van der Waals surface area contributed by atoms with Crippen molar-refractivity contribution in [3.8, 4) is 11.8 Å². The van der Waals surface area contributed by atoms with Crippen molar-refractivity contribution in [2.45, 2.75) is 0 Å². The first-order chi connectivity index (χ1) is 6.42. The zero-order valence-electron chi connectivity index (χ0n) is 6.74. The Hall–Kier alpha value is -2.08. The third kappa shape index (κ3) is 1.30. The first-order valence-corrected chi connectivity index (χ1v) is 3.79. The molecule has 1 aromatic carbocycles. The van der Waals surface area contributed by atoms with Crippen LogP contribution in [0.15, 0.2) is 24.5 Å². The summed E-state index contributed by atoms with van der Waals surface area (Å²) in [6.07, 6.45) is 2.18. The fourth-order valence-corrected chi connectivity index (χ4v) is 1.17. The summed E-state index contributed by atoms with van der Waals surface area (Å²) >= 11 is 0. The minimum Gasteiger partial charge on any atom is -0.345 e. The highest BCUT2D eigenvalue weighted by atomic mass is 16.1. The van der Waals surface area contributed by atoms with Gasteiger partial charge in [0.2, 0.25) is 0 Å². The van der Waals surface area contributed by atoms with Gasteiger partial charge in [-0.1, -0.05) is 12.0 Å². The predicted molar refractivity (Wildman–Crippen MR) is 49.0 cm³/mol. The minimum absolute atomic E-state index is 0.575. The second kappa shape index (κ2) is 3.11. The Bertz CT molecular complexity index is 502. The van der Waals surface area contributed by atoms with E-state index in [4.69, 9.17) is 0 Å². The van der Waals surface area contributed by atoms with Crippen LogP contribution in [0.5, 0.6) is 0 Å². The molecule has 2 rings (SSSR count). The van der Waals surface area contributed by atoms with Crippen molar-refractivity contribution in [2.75, 3.05) is 0 Å². The Morgan fingerprint density at radius 3 is 3.23 bits per heavy atom. The molecular formula is C10H6N2O. The van der Waals surface area contributed by atoms with Crippen LogP contribution < -0.4 is 0 Å². The quantitative estimate of drug-likeness (QED) is 0.475. The summed E-state index contributed by atoms with van der Waals surface area (Å²) in [5, 5.41) is 0. The number of nitrogens with zero attached hydrogens (tertiary/aromatic N) is 1. The normalized spacial score (nSPS) is 9.23. The number of fused-ring (bicyclic) bond motifs is 1. The summed E-state index contributed by atoms with van der Waals surface area (Å²) in [7, 11) is 0. The number of aromatic amines is 1. The monoisotopic (exact) mass is 170 g/mol. The van der Waals surface area contributed by atoms with Gasteiger partial charge >= 0.3 is 0 Å². The number of rotatable bonds is 0. The van der Waals surface area contributed by atoms with Gasteiger partial charge in [-0.2, -0.15) is 0 Å². The molecule has 0 bridgehead atoms. The number of imidazole rings is 1. The maximum Gasteiger partial charge on any atom is 0.193 e. The van der Waals surface area contributed by atoms with Crippen LogP contribution in [0.4, 0.5) is 0 Å². The number of H-pyrrole nitrogens is 1. The van der Waals surface area contributed by atoms with E-state index in [0.717, 1.165) is 16.6 Å². The number of hydrogen-bond donors (Lipinski definition) is 1. The average molecular weight is 170 g/mol. The number of benzene rings is 1. The molecule has 0 fully saturated rings. The van der Waals surface area contributed by atoms with Crippen molar-refractivity contribution in [1.29, 1.82) is 0 Å². The van der Waals surface area contributed by atoms with E-state index in [9.17, 15) is 4.79 Å². The molecule has 0 aliphatic carbocycles. The smallest absolute Gasteiger partial charge is 0.193 e. The number of aldehydes is 1. The van der Waals surface area contributed by atoms with Gasteiger partial charge in [-0.3, -0.25) is 4.79 Å². The van der Waals surface area contributed by atoms with Gasteiger partial charge < -0.3 is 4.98 Å². The number of aromatic nitrogens is 2. The molecule has 0 radical (unpaired) electrons. The van der Waals surface area contributed by atoms with E-state index in [1.165, 1.54) is 0 Å². The molecule has 62 valence electrons. The maximum absolute atomic E-state index is 10.1. The van der Waals surface area contributed by atoms with Gasteiger partial charge in [0.1, 0.15) is 5.52 Å². The summed E-state index contributed by atoms with van der Waals surface area (Å²) in [6, 6.07) is 5.61. The summed E-state index contributed by atoms with van der Waals surface area (Å²) < 4.78 is 0. The van der Waals surface area contributed by atoms with E-state index < -0.39 is 0 Å². The van der Waals surface area contributed by atoms with Crippen LogP contribution in [-0.4, -0.2) is 16.3 Å². The fourth-order valence-electron chi connectivity index (χ4n) is 1.17. The van der Waals surface area contributed by atoms with Crippen LogP contribution >= 0.6 is 0 Å². The van der Waals surface area contributed by atoms with Crippen LogP contribution in [0, 0.1) is 11.8 Å². The van der Waals surface area contributed by atoms with E-state index in [-0.39, 0.29) is 0 Å². The third-order valence-electron chi connectivity index (χ3n) is 1.72. The number of hydrogen-bond acceptors (Lipinski definition) is 2. The Balaban J connectivity index is 2.67. The average Bonchev–Trinajstić information content (AvgIpc) is 2.62. The van der Waals surface area contributed by atoms with E-state index in [0.29, 0.717) is 6.29 Å². The predicted octanol–water partition coefficient (Wildman–Crippen LogP) is 1.11. The zero-order valence-corrected chi connectivity index (χ0v) is 6.74. The zero-order chi connectivity index (χ0) is 9.10. The molecule has 0 atom stereocenters. The molecule has 0 saturated carbocycles. The van der Waals surface area contributed by atoms with E-state index >= 15 is 0 Å². The van der Waals surface area contributed by atoms with Crippen LogP contribution in [-0.2, 0) is 4.79 Å². The van der Waals surface area contributed by atoms with Gasteiger partial charge in [0, 0.05) is 0 Å². The molecule has 0 amide bonds. The van der Waals surface area contributed by atoms with Crippen LogP contribution in [0.3, 0.4) is 0 Å². The molecule has 3 heteroatoms. The van der Waals surface area contributed by atoms with E-state index in [1.807, 2.05) is 18.2 Å². The Morgan fingerprint density at radius 1 is 1.46 bits per heavy atom. The van der Waals surface area contributed by atoms with Crippen molar-refractivity contribution in [1.82, 2.24) is 9.97 Å². The number of nitrogens with one attached hydrogen (secondary N) is 1. The minimum atomic E-state index is 0.575. The topological polar surface area (TPSA) is 45.8 Å². The Labute approximate surface area is 74.8 Å². The molecule has 1 N–H and O–H groups in total. The number of para-hydroxylation sites is 1. The largest absolute Gasteiger partial charge is 0.345 e. The van der Waals surface area contributed by atoms with Gasteiger partial charge in [-0.25, -0.2) is 4.98 Å². The van der Waals surface area contributed by atoms with E-state index in [1.54, 1.807) is 6.33 Å². The first kappa shape index (κ1) is 7.56. The lowest BCUT2D eigenvalue weighted by molar-refractivity contribution is -0.103. The second-order valence-corrected chi connectivity index (χ2v) is 2.49. The summed E-state index contributed by atoms with van der Waals surface area (Å²) in [5.41, 5.74) is 2.50. The van der Waals surface area contributed by atoms with Crippen molar-refractivity contribution in [2.24, 2.45) is 0 Å². The molecule has 0 aliphatic heterocycles. The summed E-state index contributed by atoms with van der Waals surface area (Å²) in [5.74, 6) is 5.08. The van der Waals surface area contributed by atoms with Crippen molar-refractivity contribution < 1.29 is 4.79 Å². The lowest BCUT2D eigenvalue weighted by Crippen LogP contribution is -1.77. The lowest BCUT2D eigenvalue weighted by Gasteiger charge is -1.90. The SMILES string of the molecule is O=CC#Cc1cccc2[nH]cnc12. The van der Waals surface area contributed by atoms with Crippen molar-refractivity contribution >= 4 is 17.3 Å². The lowest BCUT2D eigenvalue weighted by atomic mass is 10.2. The molecule has 2 aromatic rings. The van der Waals surface area contributed by atoms with Gasteiger partial charge in [-0.05, 0) is 18.1 Å². The molecule has 1 heterocycles. The summed E-state index contributed by atoms with van der Waals surface area (Å²) in [4.78, 5) is 17.1. The molecule has 0 aliphatic rings. The van der Waals surface area contributed by atoms with Crippen molar-refractivity contribution in [3.63, 3.8) is 0 Å². The Kier molecular flexibility index (Phi) is 1.81. The molecule has 13 heavy (non-hydrogen) atoms. The first-order valence-electron chi connectivity index (χ1n) is 3.79. The van der Waals surface area contributed by atoms with Gasteiger partial charge in [-0.15, -0.1) is 0 Å². The number of carbonyl (C=O) groups excluding carboxylic acids is 1. The third-order valence-corrected chi connectivity index (χ3v) is 1.72. The molecule has 1 aromatic heterocycles.